The van der Waals surface area contributed by atoms with Crippen LogP contribution in [0.2, 0.25) is 0 Å². The van der Waals surface area contributed by atoms with Crippen LogP contribution in [0.5, 0.6) is 0 Å². The molecule has 104 valence electrons. The highest BCUT2D eigenvalue weighted by Crippen LogP contribution is 2.22. The normalized spacial score (nSPS) is 17.4. The van der Waals surface area contributed by atoms with Crippen LogP contribution in [0.3, 0.4) is 0 Å². The summed E-state index contributed by atoms with van der Waals surface area (Å²) in [6, 6.07) is 5.21. The minimum absolute atomic E-state index is 0.306. The number of rotatable bonds is 4. The number of anilines is 1. The number of hydrogen-bond donors (Lipinski definition) is 2. The molecule has 1 heterocycles. The van der Waals surface area contributed by atoms with E-state index in [0.717, 1.165) is 29.8 Å². The van der Waals surface area contributed by atoms with Crippen molar-refractivity contribution in [2.45, 2.75) is 12.8 Å². The quantitative estimate of drug-likeness (QED) is 0.893. The van der Waals surface area contributed by atoms with Gasteiger partial charge in [-0.25, -0.2) is 4.79 Å². The van der Waals surface area contributed by atoms with Crippen molar-refractivity contribution in [2.75, 3.05) is 32.0 Å². The lowest BCUT2D eigenvalue weighted by Crippen LogP contribution is -2.32. The zero-order valence-electron chi connectivity index (χ0n) is 11.0. The molecule has 1 saturated heterocycles. The molecule has 2 rings (SSSR count). The van der Waals surface area contributed by atoms with Crippen molar-refractivity contribution in [3.8, 4) is 0 Å². The van der Waals surface area contributed by atoms with Crippen LogP contribution in [0.25, 0.3) is 0 Å². The molecule has 4 nitrogen and oxygen atoms in total. The Morgan fingerprint density at radius 3 is 2.74 bits per heavy atom. The summed E-state index contributed by atoms with van der Waals surface area (Å²) in [6.45, 7) is 3.19. The molecule has 2 N–H and O–H groups in total. The molecule has 0 aromatic heterocycles. The van der Waals surface area contributed by atoms with E-state index in [4.69, 9.17) is 5.11 Å². The van der Waals surface area contributed by atoms with Gasteiger partial charge in [0.2, 0.25) is 0 Å². The van der Waals surface area contributed by atoms with E-state index >= 15 is 0 Å². The summed E-state index contributed by atoms with van der Waals surface area (Å²) in [5, 5.41) is 12.4. The number of carboxylic acids is 1. The van der Waals surface area contributed by atoms with Crippen molar-refractivity contribution in [3.63, 3.8) is 0 Å². The number of hydrogen-bond acceptors (Lipinski definition) is 3. The smallest absolute Gasteiger partial charge is 0.335 e. The number of nitrogens with zero attached hydrogens (tertiary/aromatic N) is 1. The summed E-state index contributed by atoms with van der Waals surface area (Å²) < 4.78 is 0.790. The van der Waals surface area contributed by atoms with E-state index in [2.05, 4.69) is 33.2 Å². The summed E-state index contributed by atoms with van der Waals surface area (Å²) in [6.07, 6.45) is 2.40. The van der Waals surface area contributed by atoms with Gasteiger partial charge in [0.25, 0.3) is 0 Å². The van der Waals surface area contributed by atoms with Gasteiger partial charge in [0.1, 0.15) is 0 Å². The lowest BCUT2D eigenvalue weighted by atomic mass is 9.97. The van der Waals surface area contributed by atoms with Gasteiger partial charge in [0.15, 0.2) is 0 Å². The van der Waals surface area contributed by atoms with Crippen molar-refractivity contribution in [3.05, 3.63) is 28.2 Å². The lowest BCUT2D eigenvalue weighted by molar-refractivity contribution is 0.0697. The van der Waals surface area contributed by atoms with Gasteiger partial charge in [-0.1, -0.05) is 15.9 Å². The predicted molar refractivity (Wildman–Crippen MR) is 79.8 cm³/mol. The number of aromatic carboxylic acids is 1. The monoisotopic (exact) mass is 326 g/mol. The summed E-state index contributed by atoms with van der Waals surface area (Å²) in [5.74, 6) is -0.230. The Kier molecular flexibility index (Phi) is 4.82. The van der Waals surface area contributed by atoms with E-state index in [1.54, 1.807) is 12.1 Å². The molecular weight excluding hydrogens is 308 g/mol. The first-order valence-corrected chi connectivity index (χ1v) is 7.30. The molecule has 0 radical (unpaired) electrons. The first-order chi connectivity index (χ1) is 9.04. The molecule has 0 unspecified atom stereocenters. The van der Waals surface area contributed by atoms with Crippen LogP contribution in [0.15, 0.2) is 22.7 Å². The number of likely N-dealkylation sites (tertiary alicyclic amines) is 1. The lowest BCUT2D eigenvalue weighted by Gasteiger charge is -2.29. The molecule has 0 bridgehead atoms. The van der Waals surface area contributed by atoms with Crippen molar-refractivity contribution >= 4 is 27.6 Å². The van der Waals surface area contributed by atoms with Gasteiger partial charge in [0.05, 0.1) is 5.56 Å². The Morgan fingerprint density at radius 1 is 1.42 bits per heavy atom. The van der Waals surface area contributed by atoms with E-state index in [1.165, 1.54) is 12.8 Å². The molecule has 5 heteroatoms. The zero-order chi connectivity index (χ0) is 13.8. The van der Waals surface area contributed by atoms with Crippen LogP contribution in [-0.2, 0) is 0 Å². The van der Waals surface area contributed by atoms with E-state index in [9.17, 15) is 4.79 Å². The number of benzene rings is 1. The third-order valence-corrected chi connectivity index (χ3v) is 4.04. The van der Waals surface area contributed by atoms with Gasteiger partial charge in [0, 0.05) is 16.7 Å². The van der Waals surface area contributed by atoms with Gasteiger partial charge in [-0.15, -0.1) is 0 Å². The van der Waals surface area contributed by atoms with Gasteiger partial charge in [-0.3, -0.25) is 0 Å². The van der Waals surface area contributed by atoms with Crippen LogP contribution in [-0.4, -0.2) is 42.7 Å². The summed E-state index contributed by atoms with van der Waals surface area (Å²) in [5.41, 5.74) is 1.17. The number of carboxylic acid groups (broad SMARTS) is 1. The maximum atomic E-state index is 11.0. The number of halogens is 1. The molecule has 1 aliphatic rings. The maximum Gasteiger partial charge on any atom is 0.335 e. The van der Waals surface area contributed by atoms with E-state index in [0.29, 0.717) is 11.5 Å². The second-order valence-corrected chi connectivity index (χ2v) is 6.08. The second kappa shape index (κ2) is 6.39. The molecule has 1 fully saturated rings. The molecule has 1 aromatic carbocycles. The fourth-order valence-electron chi connectivity index (χ4n) is 2.34. The SMILES string of the molecule is CN1CCC(CNc2cc(Br)cc(C(=O)O)c2)CC1. The zero-order valence-corrected chi connectivity index (χ0v) is 12.6. The average molecular weight is 327 g/mol. The molecular formula is C14H19BrN2O2. The summed E-state index contributed by atoms with van der Waals surface area (Å²) >= 11 is 3.35. The van der Waals surface area contributed by atoms with Crippen molar-refractivity contribution in [1.82, 2.24) is 4.90 Å². The average Bonchev–Trinajstić information content (AvgIpc) is 2.37. The van der Waals surface area contributed by atoms with Crippen LogP contribution < -0.4 is 5.32 Å². The third-order valence-electron chi connectivity index (χ3n) is 3.58. The molecule has 0 aliphatic carbocycles. The van der Waals surface area contributed by atoms with E-state index in [1.807, 2.05) is 6.07 Å². The van der Waals surface area contributed by atoms with Crippen LogP contribution in [0, 0.1) is 5.92 Å². The first kappa shape index (κ1) is 14.3. The summed E-state index contributed by atoms with van der Waals surface area (Å²) in [4.78, 5) is 13.3. The largest absolute Gasteiger partial charge is 0.478 e. The highest BCUT2D eigenvalue weighted by atomic mass is 79.9. The second-order valence-electron chi connectivity index (χ2n) is 5.16. The highest BCUT2D eigenvalue weighted by Gasteiger charge is 2.16. The highest BCUT2D eigenvalue weighted by molar-refractivity contribution is 9.10. The van der Waals surface area contributed by atoms with E-state index < -0.39 is 5.97 Å². The van der Waals surface area contributed by atoms with Crippen LogP contribution >= 0.6 is 15.9 Å². The van der Waals surface area contributed by atoms with Crippen molar-refractivity contribution in [2.24, 2.45) is 5.92 Å². The number of piperidine rings is 1. The molecule has 1 aliphatic heterocycles. The van der Waals surface area contributed by atoms with E-state index in [-0.39, 0.29) is 0 Å². The van der Waals surface area contributed by atoms with Gasteiger partial charge < -0.3 is 15.3 Å². The van der Waals surface area contributed by atoms with Gasteiger partial charge in [-0.2, -0.15) is 0 Å². The Morgan fingerprint density at radius 2 is 2.11 bits per heavy atom. The molecule has 19 heavy (non-hydrogen) atoms. The fourth-order valence-corrected chi connectivity index (χ4v) is 2.84. The minimum Gasteiger partial charge on any atom is -0.478 e. The number of carbonyl (C=O) groups is 1. The van der Waals surface area contributed by atoms with Crippen LogP contribution in [0.4, 0.5) is 5.69 Å². The van der Waals surface area contributed by atoms with Crippen molar-refractivity contribution < 1.29 is 9.90 Å². The predicted octanol–water partition coefficient (Wildman–Crippen LogP) is 2.90. The fraction of sp³-hybridized carbons (Fsp3) is 0.500. The Bertz CT molecular complexity index is 457. The Balaban J connectivity index is 1.94. The molecule has 0 atom stereocenters. The molecule has 1 aromatic rings. The molecule has 0 spiro atoms. The molecule has 0 amide bonds. The summed E-state index contributed by atoms with van der Waals surface area (Å²) in [7, 11) is 2.15. The topological polar surface area (TPSA) is 52.6 Å². The minimum atomic E-state index is -0.899. The standard InChI is InChI=1S/C14H19BrN2O2/c1-17-4-2-10(3-5-17)9-16-13-7-11(14(18)19)6-12(15)8-13/h6-8,10,16H,2-5,9H2,1H3,(H,18,19). The molecule has 0 saturated carbocycles. The van der Waals surface area contributed by atoms with Crippen molar-refractivity contribution in [1.29, 1.82) is 0 Å². The van der Waals surface area contributed by atoms with Gasteiger partial charge >= 0.3 is 5.97 Å². The maximum absolute atomic E-state index is 11.0. The first-order valence-electron chi connectivity index (χ1n) is 6.51. The third kappa shape index (κ3) is 4.21. The van der Waals surface area contributed by atoms with Crippen LogP contribution in [0.1, 0.15) is 23.2 Å². The Hall–Kier alpha value is -1.07. The Labute approximate surface area is 121 Å². The van der Waals surface area contributed by atoms with Gasteiger partial charge in [-0.05, 0) is 57.1 Å². The number of nitrogens with one attached hydrogen (secondary N) is 1.